The van der Waals surface area contributed by atoms with Crippen LogP contribution in [0.15, 0.2) is 42.5 Å². The second-order valence-corrected chi connectivity index (χ2v) is 5.96. The quantitative estimate of drug-likeness (QED) is 0.339. The molecule has 4 rings (SSSR count). The van der Waals surface area contributed by atoms with E-state index in [2.05, 4.69) is 79.5 Å². The Balaban J connectivity index is 2.48. The summed E-state index contributed by atoms with van der Waals surface area (Å²) in [5.41, 5.74) is 6.57. The van der Waals surface area contributed by atoms with E-state index < -0.39 is 0 Å². The first-order valence-corrected chi connectivity index (χ1v) is 7.38. The molecule has 0 amide bonds. The fourth-order valence-corrected chi connectivity index (χ4v) is 3.37. The Kier molecular flexibility index (Phi) is 2.41. The van der Waals surface area contributed by atoms with Crippen LogP contribution in [0.25, 0.3) is 27.2 Å². The molecule has 0 aliphatic heterocycles. The molecule has 0 aliphatic carbocycles. The number of nitrogens with zero attached hydrogens (tertiary/aromatic N) is 2. The number of benzene rings is 2. The summed E-state index contributed by atoms with van der Waals surface area (Å²) >= 11 is 0. The molecule has 0 fully saturated rings. The number of hydrogen-bond acceptors (Lipinski definition) is 0. The molecular formula is C19H19N2+. The molecule has 0 atom stereocenters. The van der Waals surface area contributed by atoms with Gasteiger partial charge in [-0.2, -0.15) is 4.68 Å². The van der Waals surface area contributed by atoms with Gasteiger partial charge in [-0.25, -0.2) is 0 Å². The van der Waals surface area contributed by atoms with Crippen LogP contribution < -0.4 is 4.52 Å². The van der Waals surface area contributed by atoms with Crippen molar-refractivity contribution in [2.45, 2.75) is 20.8 Å². The van der Waals surface area contributed by atoms with E-state index in [9.17, 15) is 0 Å². The van der Waals surface area contributed by atoms with Gasteiger partial charge in [0.05, 0.1) is 23.5 Å². The Hall–Kier alpha value is -2.35. The standard InChI is InChI=1S/C19H19N2/c1-12-9-10-17-15-7-5-6-8-16(15)18-11-13(2)20(4)21(18)19(17)14(12)3/h5-11H,1-4H3/q+1. The van der Waals surface area contributed by atoms with Crippen molar-refractivity contribution < 1.29 is 4.52 Å². The fourth-order valence-electron chi connectivity index (χ4n) is 3.37. The smallest absolute Gasteiger partial charge is 0.155 e. The molecule has 2 aromatic heterocycles. The Morgan fingerprint density at radius 1 is 0.857 bits per heavy atom. The summed E-state index contributed by atoms with van der Waals surface area (Å²) in [5, 5.41) is 3.98. The molecule has 0 saturated heterocycles. The number of aryl methyl sites for hydroxylation is 4. The SMILES string of the molecule is Cc1ccc2c3ccccc3c3cc(C)n(C)[n+]3c2c1C. The summed E-state index contributed by atoms with van der Waals surface area (Å²) < 4.78 is 4.60. The van der Waals surface area contributed by atoms with E-state index in [-0.39, 0.29) is 0 Å². The van der Waals surface area contributed by atoms with Gasteiger partial charge in [-0.05, 0) is 38.5 Å². The molecule has 0 radical (unpaired) electrons. The van der Waals surface area contributed by atoms with E-state index in [0.717, 1.165) is 0 Å². The molecule has 104 valence electrons. The number of aromatic nitrogens is 2. The van der Waals surface area contributed by atoms with Crippen molar-refractivity contribution in [3.8, 4) is 0 Å². The Bertz CT molecular complexity index is 1020. The van der Waals surface area contributed by atoms with Crippen LogP contribution in [0.3, 0.4) is 0 Å². The average Bonchev–Trinajstić information content (AvgIpc) is 2.79. The highest BCUT2D eigenvalue weighted by atomic mass is 15.3. The molecule has 0 N–H and O–H groups in total. The van der Waals surface area contributed by atoms with Crippen molar-refractivity contribution in [1.82, 2.24) is 4.68 Å². The van der Waals surface area contributed by atoms with E-state index in [1.54, 1.807) is 0 Å². The minimum Gasteiger partial charge on any atom is -0.155 e. The van der Waals surface area contributed by atoms with Gasteiger partial charge in [0.25, 0.3) is 0 Å². The molecule has 4 aromatic rings. The van der Waals surface area contributed by atoms with Crippen LogP contribution in [0, 0.1) is 20.8 Å². The van der Waals surface area contributed by atoms with Crippen molar-refractivity contribution in [1.29, 1.82) is 0 Å². The highest BCUT2D eigenvalue weighted by Gasteiger charge is 2.22. The third-order valence-corrected chi connectivity index (χ3v) is 4.79. The first-order chi connectivity index (χ1) is 10.1. The second-order valence-electron chi connectivity index (χ2n) is 5.96. The zero-order valence-electron chi connectivity index (χ0n) is 12.9. The van der Waals surface area contributed by atoms with Crippen molar-refractivity contribution in [3.05, 3.63) is 59.3 Å². The van der Waals surface area contributed by atoms with Crippen LogP contribution in [-0.4, -0.2) is 4.68 Å². The Morgan fingerprint density at radius 3 is 2.33 bits per heavy atom. The molecule has 2 nitrogen and oxygen atoms in total. The van der Waals surface area contributed by atoms with Crippen molar-refractivity contribution in [3.63, 3.8) is 0 Å². The molecular weight excluding hydrogens is 256 g/mol. The molecule has 2 heteroatoms. The van der Waals surface area contributed by atoms with E-state index in [4.69, 9.17) is 0 Å². The summed E-state index contributed by atoms with van der Waals surface area (Å²) in [5.74, 6) is 0. The predicted molar refractivity (Wildman–Crippen MR) is 87.8 cm³/mol. The summed E-state index contributed by atoms with van der Waals surface area (Å²) in [7, 11) is 2.14. The molecule has 21 heavy (non-hydrogen) atoms. The van der Waals surface area contributed by atoms with E-state index in [1.807, 2.05) is 0 Å². The van der Waals surface area contributed by atoms with Crippen LogP contribution in [0.1, 0.15) is 16.8 Å². The molecule has 0 bridgehead atoms. The van der Waals surface area contributed by atoms with Gasteiger partial charge in [0.15, 0.2) is 0 Å². The maximum atomic E-state index is 2.36. The van der Waals surface area contributed by atoms with Crippen LogP contribution >= 0.6 is 0 Å². The lowest BCUT2D eigenvalue weighted by Crippen LogP contribution is -2.33. The van der Waals surface area contributed by atoms with E-state index >= 15 is 0 Å². The summed E-state index contributed by atoms with van der Waals surface area (Å²) in [6, 6.07) is 15.5. The van der Waals surface area contributed by atoms with E-state index in [0.29, 0.717) is 0 Å². The minimum atomic E-state index is 1.27. The van der Waals surface area contributed by atoms with Gasteiger partial charge in [-0.1, -0.05) is 28.8 Å². The van der Waals surface area contributed by atoms with Gasteiger partial charge in [-0.3, -0.25) is 0 Å². The van der Waals surface area contributed by atoms with Gasteiger partial charge < -0.3 is 0 Å². The van der Waals surface area contributed by atoms with Gasteiger partial charge in [-0.15, -0.1) is 0 Å². The summed E-state index contributed by atoms with van der Waals surface area (Å²) in [4.78, 5) is 0. The molecule has 2 aromatic carbocycles. The number of rotatable bonds is 0. The van der Waals surface area contributed by atoms with E-state index in [1.165, 1.54) is 44.0 Å². The van der Waals surface area contributed by atoms with Crippen LogP contribution in [0.2, 0.25) is 0 Å². The molecule has 0 saturated carbocycles. The zero-order chi connectivity index (χ0) is 14.7. The first-order valence-electron chi connectivity index (χ1n) is 7.38. The van der Waals surface area contributed by atoms with Crippen molar-refractivity contribution in [2.24, 2.45) is 7.05 Å². The second kappa shape index (κ2) is 4.08. The minimum absolute atomic E-state index is 1.27. The Morgan fingerprint density at radius 2 is 1.57 bits per heavy atom. The molecule has 0 aliphatic rings. The fraction of sp³-hybridized carbons (Fsp3) is 0.211. The lowest BCUT2D eigenvalue weighted by molar-refractivity contribution is -0.579. The lowest BCUT2D eigenvalue weighted by atomic mass is 10.00. The van der Waals surface area contributed by atoms with Gasteiger partial charge in [0, 0.05) is 17.0 Å². The van der Waals surface area contributed by atoms with Crippen LogP contribution in [0.4, 0.5) is 0 Å². The van der Waals surface area contributed by atoms with Gasteiger partial charge in [0.2, 0.25) is 11.0 Å². The highest BCUT2D eigenvalue weighted by Crippen LogP contribution is 2.29. The maximum absolute atomic E-state index is 2.36. The van der Waals surface area contributed by atoms with Crippen LogP contribution in [0.5, 0.6) is 0 Å². The third kappa shape index (κ3) is 1.50. The largest absolute Gasteiger partial charge is 0.247 e. The predicted octanol–water partition coefficient (Wildman–Crippen LogP) is 4.00. The monoisotopic (exact) mass is 275 g/mol. The van der Waals surface area contributed by atoms with Gasteiger partial charge in [0.1, 0.15) is 0 Å². The van der Waals surface area contributed by atoms with Gasteiger partial charge >= 0.3 is 0 Å². The topological polar surface area (TPSA) is 9.03 Å². The summed E-state index contributed by atoms with van der Waals surface area (Å²) in [6.07, 6.45) is 0. The number of pyridine rings is 1. The van der Waals surface area contributed by atoms with Crippen LogP contribution in [-0.2, 0) is 7.05 Å². The lowest BCUT2D eigenvalue weighted by Gasteiger charge is -2.06. The average molecular weight is 275 g/mol. The highest BCUT2D eigenvalue weighted by molar-refractivity contribution is 6.10. The van der Waals surface area contributed by atoms with Crippen molar-refractivity contribution >= 4 is 27.2 Å². The maximum Gasteiger partial charge on any atom is 0.247 e. The Labute approximate surface area is 124 Å². The molecule has 2 heterocycles. The van der Waals surface area contributed by atoms with Crippen molar-refractivity contribution in [2.75, 3.05) is 0 Å². The molecule has 0 unspecified atom stereocenters. The summed E-state index contributed by atoms with van der Waals surface area (Å²) in [6.45, 7) is 6.58. The zero-order valence-corrected chi connectivity index (χ0v) is 12.9. The normalized spacial score (nSPS) is 11.8. The number of fused-ring (bicyclic) bond motifs is 6. The first kappa shape index (κ1) is 12.4. The third-order valence-electron chi connectivity index (χ3n) is 4.79. The molecule has 0 spiro atoms. The number of hydrogen-bond donors (Lipinski definition) is 0.